The van der Waals surface area contributed by atoms with Gasteiger partial charge in [-0.05, 0) is 45.9 Å². The Kier molecular flexibility index (Phi) is 7.86. The van der Waals surface area contributed by atoms with Crippen molar-refractivity contribution in [2.45, 2.75) is 38.6 Å². The molecule has 29 heavy (non-hydrogen) atoms. The summed E-state index contributed by atoms with van der Waals surface area (Å²) in [5.74, 6) is -0.0955. The van der Waals surface area contributed by atoms with Gasteiger partial charge in [-0.15, -0.1) is 0 Å². The van der Waals surface area contributed by atoms with Gasteiger partial charge in [-0.3, -0.25) is 4.79 Å². The lowest BCUT2D eigenvalue weighted by Gasteiger charge is -2.34. The molecule has 9 nitrogen and oxygen atoms in total. The largest absolute Gasteiger partial charge is 0.492 e. The van der Waals surface area contributed by atoms with Crippen LogP contribution in [-0.2, 0) is 14.8 Å². The van der Waals surface area contributed by atoms with Crippen molar-refractivity contribution in [1.82, 2.24) is 14.5 Å². The van der Waals surface area contributed by atoms with Crippen LogP contribution in [0.1, 0.15) is 38.1 Å². The maximum Gasteiger partial charge on any atom is 0.409 e. The first-order chi connectivity index (χ1) is 13.7. The van der Waals surface area contributed by atoms with Crippen molar-refractivity contribution in [3.05, 3.63) is 23.8 Å². The highest BCUT2D eigenvalue weighted by molar-refractivity contribution is 7.89. The number of benzene rings is 1. The van der Waals surface area contributed by atoms with Crippen LogP contribution in [0.25, 0.3) is 0 Å². The summed E-state index contributed by atoms with van der Waals surface area (Å²) in [7, 11) is -3.84. The van der Waals surface area contributed by atoms with Gasteiger partial charge in [-0.25, -0.2) is 17.9 Å². The zero-order valence-corrected chi connectivity index (χ0v) is 18.1. The van der Waals surface area contributed by atoms with Crippen LogP contribution < -0.4 is 9.46 Å². The summed E-state index contributed by atoms with van der Waals surface area (Å²) in [6, 6.07) is 4.10. The Labute approximate surface area is 172 Å². The Balaban J connectivity index is 2.21. The molecule has 162 valence electrons. The van der Waals surface area contributed by atoms with Crippen molar-refractivity contribution < 1.29 is 27.5 Å². The van der Waals surface area contributed by atoms with Gasteiger partial charge in [0.2, 0.25) is 10.0 Å². The van der Waals surface area contributed by atoms with Gasteiger partial charge >= 0.3 is 6.09 Å². The highest BCUT2D eigenvalue weighted by Gasteiger charge is 2.28. The van der Waals surface area contributed by atoms with Crippen molar-refractivity contribution >= 4 is 22.0 Å². The molecule has 0 spiro atoms. The van der Waals surface area contributed by atoms with E-state index in [-0.39, 0.29) is 28.2 Å². The molecule has 0 saturated carbocycles. The Morgan fingerprint density at radius 3 is 2.24 bits per heavy atom. The van der Waals surface area contributed by atoms with E-state index in [1.807, 2.05) is 0 Å². The summed E-state index contributed by atoms with van der Waals surface area (Å²) >= 11 is 0. The molecule has 10 heteroatoms. The first kappa shape index (κ1) is 23.0. The van der Waals surface area contributed by atoms with E-state index in [2.05, 4.69) is 4.72 Å². The quantitative estimate of drug-likeness (QED) is 0.710. The van der Waals surface area contributed by atoms with E-state index in [1.165, 1.54) is 12.1 Å². The molecule has 1 heterocycles. The van der Waals surface area contributed by atoms with E-state index in [0.717, 1.165) is 0 Å². The van der Waals surface area contributed by atoms with Crippen molar-refractivity contribution in [3.63, 3.8) is 0 Å². The molecule has 0 aliphatic carbocycles. The third-order valence-electron chi connectivity index (χ3n) is 4.26. The molecule has 0 unspecified atom stereocenters. The number of piperazine rings is 1. The lowest BCUT2D eigenvalue weighted by atomic mass is 10.1. The minimum absolute atomic E-state index is 0.0657. The number of hydrogen-bond donors (Lipinski definition) is 1. The maximum atomic E-state index is 12.9. The molecule has 2 amide bonds. The fraction of sp³-hybridized carbons (Fsp3) is 0.579. The van der Waals surface area contributed by atoms with Crippen molar-refractivity contribution in [2.75, 3.05) is 39.4 Å². The molecular formula is C19H29N3O6S. The molecule has 1 aliphatic heterocycles. The number of rotatable bonds is 7. The van der Waals surface area contributed by atoms with Gasteiger partial charge < -0.3 is 19.3 Å². The van der Waals surface area contributed by atoms with Crippen LogP contribution in [0.15, 0.2) is 23.1 Å². The van der Waals surface area contributed by atoms with Crippen LogP contribution in [0, 0.1) is 0 Å². The number of ether oxygens (including phenoxy) is 2. The predicted octanol–water partition coefficient (Wildman–Crippen LogP) is 1.69. The third-order valence-corrected chi connectivity index (χ3v) is 5.94. The second-order valence-corrected chi connectivity index (χ2v) is 8.53. The van der Waals surface area contributed by atoms with Crippen molar-refractivity contribution in [1.29, 1.82) is 0 Å². The van der Waals surface area contributed by atoms with Crippen LogP contribution in [0.4, 0.5) is 4.79 Å². The van der Waals surface area contributed by atoms with E-state index < -0.39 is 16.1 Å². The fourth-order valence-corrected chi connectivity index (χ4v) is 4.41. The van der Waals surface area contributed by atoms with Gasteiger partial charge in [-0.1, -0.05) is 0 Å². The van der Waals surface area contributed by atoms with E-state index >= 15 is 0 Å². The van der Waals surface area contributed by atoms with E-state index in [9.17, 15) is 18.0 Å². The number of nitrogens with one attached hydrogen (secondary N) is 1. The molecule has 1 fully saturated rings. The highest BCUT2D eigenvalue weighted by atomic mass is 32.2. The number of carbonyl (C=O) groups is 2. The average Bonchev–Trinajstić information content (AvgIpc) is 2.67. The van der Waals surface area contributed by atoms with E-state index in [1.54, 1.807) is 43.6 Å². The van der Waals surface area contributed by atoms with Gasteiger partial charge in [0.15, 0.2) is 0 Å². The highest BCUT2D eigenvalue weighted by Crippen LogP contribution is 2.26. The molecule has 1 aliphatic rings. The lowest BCUT2D eigenvalue weighted by molar-refractivity contribution is 0.0570. The fourth-order valence-electron chi connectivity index (χ4n) is 2.99. The molecule has 1 N–H and O–H groups in total. The smallest absolute Gasteiger partial charge is 0.409 e. The number of carbonyl (C=O) groups excluding carboxylic acids is 2. The zero-order chi connectivity index (χ0) is 21.6. The van der Waals surface area contributed by atoms with Crippen LogP contribution in [-0.4, -0.2) is 75.7 Å². The van der Waals surface area contributed by atoms with Crippen LogP contribution >= 0.6 is 0 Å². The molecular weight excluding hydrogens is 398 g/mol. The normalized spacial score (nSPS) is 14.8. The summed E-state index contributed by atoms with van der Waals surface area (Å²) in [6.07, 6.45) is -0.395. The van der Waals surface area contributed by atoms with Crippen molar-refractivity contribution in [3.8, 4) is 5.75 Å². The van der Waals surface area contributed by atoms with E-state index in [0.29, 0.717) is 39.4 Å². The molecule has 1 aromatic rings. The summed E-state index contributed by atoms with van der Waals surface area (Å²) in [5, 5.41) is 0. The maximum absolute atomic E-state index is 12.9. The minimum Gasteiger partial charge on any atom is -0.492 e. The average molecular weight is 428 g/mol. The third kappa shape index (κ3) is 5.83. The standard InChI is InChI=1S/C19H29N3O6S/c1-5-27-16-8-7-15(13-17(16)29(25,26)20-14(3)4)18(23)21-9-11-22(12-10-21)19(24)28-6-2/h7-8,13-14,20H,5-6,9-12H2,1-4H3. The minimum atomic E-state index is -3.84. The topological polar surface area (TPSA) is 105 Å². The lowest BCUT2D eigenvalue weighted by Crippen LogP contribution is -2.50. The molecule has 0 atom stereocenters. The van der Waals surface area contributed by atoms with Crippen LogP contribution in [0.5, 0.6) is 5.75 Å². The zero-order valence-electron chi connectivity index (χ0n) is 17.3. The van der Waals surface area contributed by atoms with E-state index in [4.69, 9.17) is 9.47 Å². The summed E-state index contributed by atoms with van der Waals surface area (Å²) in [6.45, 7) is 8.94. The summed E-state index contributed by atoms with van der Waals surface area (Å²) in [5.41, 5.74) is 0.252. The Bertz CT molecular complexity index is 832. The number of amides is 2. The SMILES string of the molecule is CCOC(=O)N1CCN(C(=O)c2ccc(OCC)c(S(=O)(=O)NC(C)C)c2)CC1. The van der Waals surface area contributed by atoms with Gasteiger partial charge in [0.05, 0.1) is 13.2 Å². The van der Waals surface area contributed by atoms with Gasteiger partial charge in [0.25, 0.3) is 5.91 Å². The molecule has 2 rings (SSSR count). The first-order valence-electron chi connectivity index (χ1n) is 9.69. The molecule has 1 saturated heterocycles. The van der Waals surface area contributed by atoms with Crippen LogP contribution in [0.2, 0.25) is 0 Å². The first-order valence-corrected chi connectivity index (χ1v) is 11.2. The summed E-state index contributed by atoms with van der Waals surface area (Å²) in [4.78, 5) is 27.8. The summed E-state index contributed by atoms with van der Waals surface area (Å²) < 4.78 is 38.3. The second kappa shape index (κ2) is 9.93. The number of nitrogens with zero attached hydrogens (tertiary/aromatic N) is 2. The molecule has 0 aromatic heterocycles. The van der Waals surface area contributed by atoms with Crippen LogP contribution in [0.3, 0.4) is 0 Å². The molecule has 1 aromatic carbocycles. The molecule has 0 bridgehead atoms. The Morgan fingerprint density at radius 1 is 1.07 bits per heavy atom. The molecule has 0 radical (unpaired) electrons. The Hall–Kier alpha value is -2.33. The monoisotopic (exact) mass is 427 g/mol. The number of sulfonamides is 1. The van der Waals surface area contributed by atoms with Gasteiger partial charge in [0, 0.05) is 37.8 Å². The second-order valence-electron chi connectivity index (χ2n) is 6.85. The van der Waals surface area contributed by atoms with Crippen molar-refractivity contribution in [2.24, 2.45) is 0 Å². The predicted molar refractivity (Wildman–Crippen MR) is 108 cm³/mol. The van der Waals surface area contributed by atoms with Gasteiger partial charge in [-0.2, -0.15) is 0 Å². The van der Waals surface area contributed by atoms with Gasteiger partial charge in [0.1, 0.15) is 10.6 Å². The Morgan fingerprint density at radius 2 is 1.69 bits per heavy atom. The number of hydrogen-bond acceptors (Lipinski definition) is 6.